The van der Waals surface area contributed by atoms with Gasteiger partial charge in [0, 0.05) is 19.2 Å². The second-order valence-electron chi connectivity index (χ2n) is 3.35. The average molecular weight is 306 g/mol. The van der Waals surface area contributed by atoms with Crippen LogP contribution in [0.2, 0.25) is 0 Å². The topological polar surface area (TPSA) is 55.0 Å². The zero-order chi connectivity index (χ0) is 9.97. The average Bonchev–Trinajstić information content (AvgIpc) is 2.64. The summed E-state index contributed by atoms with van der Waals surface area (Å²) in [5.74, 6) is 0.724. The highest BCUT2D eigenvalue weighted by Crippen LogP contribution is 2.14. The lowest BCUT2D eigenvalue weighted by atomic mass is 10.2. The van der Waals surface area contributed by atoms with E-state index in [2.05, 4.69) is 9.97 Å². The number of halogens is 1. The maximum Gasteiger partial charge on any atom is 0.264 e. The van der Waals surface area contributed by atoms with E-state index in [0.717, 1.165) is 25.3 Å². The maximum absolute atomic E-state index is 11.3. The van der Waals surface area contributed by atoms with Crippen LogP contribution in [0.3, 0.4) is 0 Å². The molecule has 0 saturated carbocycles. The fourth-order valence-electron chi connectivity index (χ4n) is 1.54. The quantitative estimate of drug-likeness (QED) is 0.833. The molecule has 0 amide bonds. The first kappa shape index (κ1) is 10.1. The highest BCUT2D eigenvalue weighted by molar-refractivity contribution is 14.1. The first-order valence-electron chi connectivity index (χ1n) is 4.61. The van der Waals surface area contributed by atoms with Gasteiger partial charge in [-0.25, -0.2) is 4.98 Å². The summed E-state index contributed by atoms with van der Waals surface area (Å²) in [5, 5.41) is 0. The Kier molecular flexibility index (Phi) is 3.17. The molecule has 1 saturated heterocycles. The Labute approximate surface area is 95.2 Å². The summed E-state index contributed by atoms with van der Waals surface area (Å²) in [6.07, 6.45) is 4.73. The van der Waals surface area contributed by atoms with Crippen molar-refractivity contribution >= 4 is 22.6 Å². The van der Waals surface area contributed by atoms with Crippen LogP contribution in [0.5, 0.6) is 0 Å². The molecule has 0 aromatic carbocycles. The molecule has 0 bridgehead atoms. The molecule has 2 rings (SSSR count). The Hall–Kier alpha value is -0.430. The molecule has 76 valence electrons. The largest absolute Gasteiger partial charge is 0.378 e. The van der Waals surface area contributed by atoms with Crippen LogP contribution in [0.25, 0.3) is 0 Å². The monoisotopic (exact) mass is 306 g/mol. The molecule has 2 heterocycles. The number of hydrogen-bond donors (Lipinski definition) is 1. The number of ether oxygens (including phenoxy) is 1. The van der Waals surface area contributed by atoms with E-state index in [4.69, 9.17) is 4.74 Å². The van der Waals surface area contributed by atoms with Gasteiger partial charge in [0.15, 0.2) is 0 Å². The SMILES string of the molecule is O=c1[nH]c(CC2CCCO2)ncc1I. The van der Waals surface area contributed by atoms with Crippen molar-refractivity contribution in [2.75, 3.05) is 6.61 Å². The molecule has 14 heavy (non-hydrogen) atoms. The van der Waals surface area contributed by atoms with Gasteiger partial charge in [-0.05, 0) is 35.4 Å². The van der Waals surface area contributed by atoms with Crippen LogP contribution < -0.4 is 5.56 Å². The lowest BCUT2D eigenvalue weighted by Crippen LogP contribution is -2.18. The third-order valence-electron chi connectivity index (χ3n) is 2.25. The Morgan fingerprint density at radius 2 is 2.57 bits per heavy atom. The molecule has 0 aliphatic carbocycles. The lowest BCUT2D eigenvalue weighted by Gasteiger charge is -2.07. The number of hydrogen-bond acceptors (Lipinski definition) is 3. The van der Waals surface area contributed by atoms with Crippen LogP contribution in [0.1, 0.15) is 18.7 Å². The third-order valence-corrected chi connectivity index (χ3v) is 3.02. The zero-order valence-electron chi connectivity index (χ0n) is 7.62. The van der Waals surface area contributed by atoms with E-state index in [9.17, 15) is 4.79 Å². The van der Waals surface area contributed by atoms with Gasteiger partial charge in [-0.1, -0.05) is 0 Å². The van der Waals surface area contributed by atoms with E-state index in [-0.39, 0.29) is 11.7 Å². The molecular formula is C9H11IN2O2. The maximum atomic E-state index is 11.3. The summed E-state index contributed by atoms with van der Waals surface area (Å²) in [6.45, 7) is 0.833. The summed E-state index contributed by atoms with van der Waals surface area (Å²) >= 11 is 1.97. The minimum Gasteiger partial charge on any atom is -0.378 e. The van der Waals surface area contributed by atoms with Gasteiger partial charge in [-0.2, -0.15) is 0 Å². The minimum absolute atomic E-state index is 0.0615. The number of aromatic amines is 1. The Balaban J connectivity index is 2.09. The van der Waals surface area contributed by atoms with Gasteiger partial charge >= 0.3 is 0 Å². The second-order valence-corrected chi connectivity index (χ2v) is 4.51. The van der Waals surface area contributed by atoms with Gasteiger partial charge in [-0.15, -0.1) is 0 Å². The third kappa shape index (κ3) is 2.33. The highest BCUT2D eigenvalue weighted by atomic mass is 127. The van der Waals surface area contributed by atoms with Crippen LogP contribution in [0.4, 0.5) is 0 Å². The number of H-pyrrole nitrogens is 1. The molecule has 5 heteroatoms. The van der Waals surface area contributed by atoms with Crippen molar-refractivity contribution in [3.05, 3.63) is 25.9 Å². The first-order chi connectivity index (χ1) is 6.75. The smallest absolute Gasteiger partial charge is 0.264 e. The van der Waals surface area contributed by atoms with Gasteiger partial charge < -0.3 is 9.72 Å². The van der Waals surface area contributed by atoms with Crippen molar-refractivity contribution in [3.8, 4) is 0 Å². The van der Waals surface area contributed by atoms with Gasteiger partial charge in [-0.3, -0.25) is 4.79 Å². The summed E-state index contributed by atoms with van der Waals surface area (Å²) in [4.78, 5) is 18.2. The highest BCUT2D eigenvalue weighted by Gasteiger charge is 2.16. The number of rotatable bonds is 2. The van der Waals surface area contributed by atoms with Crippen molar-refractivity contribution in [2.45, 2.75) is 25.4 Å². The van der Waals surface area contributed by atoms with E-state index >= 15 is 0 Å². The number of aromatic nitrogens is 2. The minimum atomic E-state index is -0.0615. The molecular weight excluding hydrogens is 295 g/mol. The summed E-state index contributed by atoms with van der Waals surface area (Å²) in [5.41, 5.74) is -0.0615. The van der Waals surface area contributed by atoms with E-state index in [0.29, 0.717) is 9.99 Å². The van der Waals surface area contributed by atoms with Crippen molar-refractivity contribution in [1.29, 1.82) is 0 Å². The van der Waals surface area contributed by atoms with Crippen LogP contribution in [0, 0.1) is 3.57 Å². The molecule has 0 spiro atoms. The molecule has 1 fully saturated rings. The molecule has 1 unspecified atom stereocenters. The van der Waals surface area contributed by atoms with Crippen molar-refractivity contribution in [3.63, 3.8) is 0 Å². The normalized spacial score (nSPS) is 21.4. The molecule has 1 aromatic heterocycles. The van der Waals surface area contributed by atoms with E-state index in [1.54, 1.807) is 6.20 Å². The van der Waals surface area contributed by atoms with Crippen molar-refractivity contribution in [2.24, 2.45) is 0 Å². The Morgan fingerprint density at radius 3 is 3.21 bits per heavy atom. The molecule has 1 atom stereocenters. The van der Waals surface area contributed by atoms with E-state index in [1.165, 1.54) is 0 Å². The lowest BCUT2D eigenvalue weighted by molar-refractivity contribution is 0.110. The molecule has 1 aliphatic heterocycles. The zero-order valence-corrected chi connectivity index (χ0v) is 9.78. The first-order valence-corrected chi connectivity index (χ1v) is 5.69. The fourth-order valence-corrected chi connectivity index (χ4v) is 1.82. The molecule has 1 N–H and O–H groups in total. The van der Waals surface area contributed by atoms with E-state index < -0.39 is 0 Å². The van der Waals surface area contributed by atoms with Crippen LogP contribution in [-0.4, -0.2) is 22.7 Å². The molecule has 1 aromatic rings. The number of nitrogens with zero attached hydrogens (tertiary/aromatic N) is 1. The van der Waals surface area contributed by atoms with Crippen LogP contribution in [-0.2, 0) is 11.2 Å². The molecule has 1 aliphatic rings. The van der Waals surface area contributed by atoms with Gasteiger partial charge in [0.25, 0.3) is 5.56 Å². The van der Waals surface area contributed by atoms with Gasteiger partial charge in [0.05, 0.1) is 9.67 Å². The Morgan fingerprint density at radius 1 is 1.71 bits per heavy atom. The molecule has 0 radical (unpaired) electrons. The summed E-state index contributed by atoms with van der Waals surface area (Å²) in [7, 11) is 0. The fraction of sp³-hybridized carbons (Fsp3) is 0.556. The van der Waals surface area contributed by atoms with Gasteiger partial charge in [0.2, 0.25) is 0 Å². The Bertz CT molecular complexity index is 371. The van der Waals surface area contributed by atoms with Crippen molar-refractivity contribution in [1.82, 2.24) is 9.97 Å². The summed E-state index contributed by atoms with van der Waals surface area (Å²) in [6, 6.07) is 0. The predicted octanol–water partition coefficient (Wildman–Crippen LogP) is 1.10. The predicted molar refractivity (Wildman–Crippen MR) is 60.3 cm³/mol. The van der Waals surface area contributed by atoms with Crippen LogP contribution >= 0.6 is 22.6 Å². The van der Waals surface area contributed by atoms with Crippen molar-refractivity contribution < 1.29 is 4.74 Å². The van der Waals surface area contributed by atoms with Crippen LogP contribution in [0.15, 0.2) is 11.0 Å². The number of nitrogens with one attached hydrogen (secondary N) is 1. The standard InChI is InChI=1S/C9H11IN2O2/c10-7-5-11-8(12-9(7)13)4-6-2-1-3-14-6/h5-6H,1-4H2,(H,11,12,13). The second kappa shape index (κ2) is 4.39. The molecule has 4 nitrogen and oxygen atoms in total. The van der Waals surface area contributed by atoms with E-state index in [1.807, 2.05) is 22.6 Å². The summed E-state index contributed by atoms with van der Waals surface area (Å²) < 4.78 is 6.09. The van der Waals surface area contributed by atoms with Gasteiger partial charge in [0.1, 0.15) is 5.82 Å².